The number of anilines is 1. The Morgan fingerprint density at radius 1 is 1.14 bits per heavy atom. The van der Waals surface area contributed by atoms with E-state index in [2.05, 4.69) is 4.98 Å². The van der Waals surface area contributed by atoms with Crippen molar-refractivity contribution in [3.8, 4) is 5.75 Å². The molecule has 0 bridgehead atoms. The Morgan fingerprint density at radius 2 is 1.89 bits per heavy atom. The molecular formula is C25H21ClN2O6S. The number of nitrogens with zero attached hydrogens (tertiary/aromatic N) is 2. The Labute approximate surface area is 210 Å². The molecule has 1 aliphatic rings. The molecule has 0 aliphatic carbocycles. The second kappa shape index (κ2) is 9.52. The molecule has 2 heterocycles. The smallest absolute Gasteiger partial charge is 0.350 e. The maximum absolute atomic E-state index is 13.3. The molecule has 1 atom stereocenters. The lowest BCUT2D eigenvalue weighted by Crippen LogP contribution is -2.29. The summed E-state index contributed by atoms with van der Waals surface area (Å²) in [5, 5.41) is 11.8. The van der Waals surface area contributed by atoms with Gasteiger partial charge in [-0.3, -0.25) is 14.5 Å². The highest BCUT2D eigenvalue weighted by Crippen LogP contribution is 2.44. The predicted octanol–water partition coefficient (Wildman–Crippen LogP) is 4.83. The average molecular weight is 513 g/mol. The SMILES string of the molecule is COC(=O)c1sc(N2C(=O)C(=O)/C(=C(/O)c3ccc(OC)c(C)c3)C2c2cccc(Cl)c2)nc1C. The van der Waals surface area contributed by atoms with Crippen molar-refractivity contribution in [3.05, 3.63) is 80.3 Å². The third kappa shape index (κ3) is 4.28. The van der Waals surface area contributed by atoms with Crippen LogP contribution in [0.25, 0.3) is 5.76 Å². The van der Waals surface area contributed by atoms with Crippen molar-refractivity contribution in [1.82, 2.24) is 4.98 Å². The topological polar surface area (TPSA) is 106 Å². The van der Waals surface area contributed by atoms with E-state index in [1.165, 1.54) is 19.1 Å². The van der Waals surface area contributed by atoms with Crippen LogP contribution in [0.4, 0.5) is 5.13 Å². The lowest BCUT2D eigenvalue weighted by molar-refractivity contribution is -0.132. The Kier molecular flexibility index (Phi) is 6.64. The molecule has 1 N–H and O–H groups in total. The van der Waals surface area contributed by atoms with Gasteiger partial charge >= 0.3 is 11.9 Å². The Balaban J connectivity index is 1.94. The number of methoxy groups -OCH3 is 2. The number of Topliss-reactive ketones (excluding diaryl/α,β-unsaturated/α-hetero) is 1. The summed E-state index contributed by atoms with van der Waals surface area (Å²) in [5.74, 6) is -2.10. The highest BCUT2D eigenvalue weighted by Gasteiger charge is 2.48. The lowest BCUT2D eigenvalue weighted by atomic mass is 9.95. The van der Waals surface area contributed by atoms with Gasteiger partial charge in [-0.05, 0) is 55.3 Å². The van der Waals surface area contributed by atoms with Crippen LogP contribution in [0.3, 0.4) is 0 Å². The number of hydrogen-bond acceptors (Lipinski definition) is 8. The molecule has 1 fully saturated rings. The fourth-order valence-electron chi connectivity index (χ4n) is 3.97. The van der Waals surface area contributed by atoms with Crippen molar-refractivity contribution in [3.63, 3.8) is 0 Å². The third-order valence-electron chi connectivity index (χ3n) is 5.64. The van der Waals surface area contributed by atoms with Gasteiger partial charge in [-0.25, -0.2) is 9.78 Å². The molecule has 180 valence electrons. The zero-order chi connectivity index (χ0) is 25.4. The molecular weight excluding hydrogens is 492 g/mol. The van der Waals surface area contributed by atoms with Gasteiger partial charge in [-0.2, -0.15) is 0 Å². The van der Waals surface area contributed by atoms with Crippen LogP contribution < -0.4 is 9.64 Å². The fourth-order valence-corrected chi connectivity index (χ4v) is 5.18. The number of amides is 1. The van der Waals surface area contributed by atoms with Crippen LogP contribution in [0.5, 0.6) is 5.75 Å². The molecule has 8 nitrogen and oxygen atoms in total. The fraction of sp³-hybridized carbons (Fsp3) is 0.200. The molecule has 2 aromatic carbocycles. The summed E-state index contributed by atoms with van der Waals surface area (Å²) >= 11 is 7.15. The van der Waals surface area contributed by atoms with Gasteiger partial charge in [-0.15, -0.1) is 0 Å². The molecule has 1 unspecified atom stereocenters. The number of hydrogen-bond donors (Lipinski definition) is 1. The van der Waals surface area contributed by atoms with Crippen molar-refractivity contribution < 1.29 is 29.0 Å². The predicted molar refractivity (Wildman–Crippen MR) is 132 cm³/mol. The van der Waals surface area contributed by atoms with Crippen LogP contribution >= 0.6 is 22.9 Å². The number of aromatic nitrogens is 1. The zero-order valence-electron chi connectivity index (χ0n) is 19.3. The molecule has 10 heteroatoms. The van der Waals surface area contributed by atoms with Gasteiger partial charge in [-0.1, -0.05) is 35.1 Å². The van der Waals surface area contributed by atoms with Crippen LogP contribution in [0.2, 0.25) is 5.02 Å². The van der Waals surface area contributed by atoms with Gasteiger partial charge < -0.3 is 14.6 Å². The van der Waals surface area contributed by atoms with E-state index < -0.39 is 23.7 Å². The van der Waals surface area contributed by atoms with E-state index in [1.807, 2.05) is 0 Å². The number of aliphatic hydroxyl groups is 1. The summed E-state index contributed by atoms with van der Waals surface area (Å²) in [6, 6.07) is 10.6. The number of ketones is 1. The highest BCUT2D eigenvalue weighted by atomic mass is 35.5. The number of ether oxygens (including phenoxy) is 2. The van der Waals surface area contributed by atoms with Crippen molar-refractivity contribution in [2.45, 2.75) is 19.9 Å². The standard InChI is InChI=1S/C25H21ClN2O6S/c1-12-10-15(8-9-17(12)33-3)20(29)18-19(14-6-5-7-16(26)11-14)28(23(31)21(18)30)25-27-13(2)22(35-25)24(32)34-4/h5-11,19,29H,1-4H3/b20-18+. The van der Waals surface area contributed by atoms with Crippen molar-refractivity contribution in [2.24, 2.45) is 0 Å². The number of aliphatic hydroxyl groups excluding tert-OH is 1. The summed E-state index contributed by atoms with van der Waals surface area (Å²) in [4.78, 5) is 44.5. The van der Waals surface area contributed by atoms with Gasteiger partial charge in [0, 0.05) is 10.6 Å². The van der Waals surface area contributed by atoms with Gasteiger partial charge in [0.2, 0.25) is 0 Å². The number of aryl methyl sites for hydroxylation is 2. The summed E-state index contributed by atoms with van der Waals surface area (Å²) in [5.41, 5.74) is 1.82. The number of rotatable bonds is 5. The van der Waals surface area contributed by atoms with Gasteiger partial charge in [0.25, 0.3) is 5.78 Å². The van der Waals surface area contributed by atoms with Gasteiger partial charge in [0.15, 0.2) is 5.13 Å². The van der Waals surface area contributed by atoms with Crippen LogP contribution in [0, 0.1) is 13.8 Å². The van der Waals surface area contributed by atoms with E-state index in [1.54, 1.807) is 56.3 Å². The molecule has 3 aromatic rings. The largest absolute Gasteiger partial charge is 0.507 e. The third-order valence-corrected chi connectivity index (χ3v) is 7.01. The number of carbonyl (C=O) groups excluding carboxylic acids is 3. The monoisotopic (exact) mass is 512 g/mol. The molecule has 4 rings (SSSR count). The van der Waals surface area contributed by atoms with Crippen molar-refractivity contribution in [2.75, 3.05) is 19.1 Å². The molecule has 0 spiro atoms. The molecule has 0 saturated carbocycles. The highest BCUT2D eigenvalue weighted by molar-refractivity contribution is 7.17. The second-order valence-electron chi connectivity index (χ2n) is 7.81. The molecule has 1 amide bonds. The van der Waals surface area contributed by atoms with E-state index in [-0.39, 0.29) is 21.3 Å². The van der Waals surface area contributed by atoms with E-state index >= 15 is 0 Å². The Morgan fingerprint density at radius 3 is 2.51 bits per heavy atom. The molecule has 1 aliphatic heterocycles. The first kappa shape index (κ1) is 24.4. The van der Waals surface area contributed by atoms with Crippen LogP contribution in [-0.4, -0.2) is 42.0 Å². The van der Waals surface area contributed by atoms with E-state index in [0.29, 0.717) is 27.6 Å². The summed E-state index contributed by atoms with van der Waals surface area (Å²) in [6.07, 6.45) is 0. The minimum Gasteiger partial charge on any atom is -0.507 e. The number of esters is 1. The summed E-state index contributed by atoms with van der Waals surface area (Å²) in [6.45, 7) is 3.41. The number of benzene rings is 2. The van der Waals surface area contributed by atoms with Gasteiger partial charge in [0.1, 0.15) is 16.4 Å². The molecule has 1 saturated heterocycles. The van der Waals surface area contributed by atoms with Crippen LogP contribution in [0.1, 0.15) is 38.1 Å². The number of thiazole rings is 1. The average Bonchev–Trinajstić information content (AvgIpc) is 3.34. The zero-order valence-corrected chi connectivity index (χ0v) is 20.9. The summed E-state index contributed by atoms with van der Waals surface area (Å²) in [7, 11) is 2.78. The quantitative estimate of drug-likeness (QED) is 0.226. The first-order valence-electron chi connectivity index (χ1n) is 10.4. The van der Waals surface area contributed by atoms with Crippen molar-refractivity contribution in [1.29, 1.82) is 0 Å². The maximum Gasteiger partial charge on any atom is 0.350 e. The number of halogens is 1. The van der Waals surface area contributed by atoms with Crippen molar-refractivity contribution >= 4 is 51.5 Å². The van der Waals surface area contributed by atoms with E-state index in [0.717, 1.165) is 16.9 Å². The van der Waals surface area contributed by atoms with Crippen LogP contribution in [-0.2, 0) is 14.3 Å². The minimum atomic E-state index is -1.02. The first-order valence-corrected chi connectivity index (χ1v) is 11.6. The normalized spacial score (nSPS) is 17.1. The maximum atomic E-state index is 13.3. The number of carbonyl (C=O) groups is 3. The Hall–Kier alpha value is -3.69. The lowest BCUT2D eigenvalue weighted by Gasteiger charge is -2.23. The Bertz CT molecular complexity index is 1400. The first-order chi connectivity index (χ1) is 16.7. The van der Waals surface area contributed by atoms with E-state index in [4.69, 9.17) is 21.1 Å². The molecule has 35 heavy (non-hydrogen) atoms. The van der Waals surface area contributed by atoms with Gasteiger partial charge in [0.05, 0.1) is 31.5 Å². The summed E-state index contributed by atoms with van der Waals surface area (Å²) < 4.78 is 10.1. The molecule has 0 radical (unpaired) electrons. The van der Waals surface area contributed by atoms with E-state index in [9.17, 15) is 19.5 Å². The second-order valence-corrected chi connectivity index (χ2v) is 9.23. The molecule has 1 aromatic heterocycles. The minimum absolute atomic E-state index is 0.116. The van der Waals surface area contributed by atoms with Crippen LogP contribution in [0.15, 0.2) is 48.0 Å².